The Kier molecular flexibility index (Phi) is 7.14. The van der Waals surface area contributed by atoms with Crippen molar-refractivity contribution in [1.29, 1.82) is 0 Å². The molecular formula is C26H27ClN2O4S. The number of hydrogen-bond acceptors (Lipinski definition) is 4. The molecule has 0 saturated heterocycles. The summed E-state index contributed by atoms with van der Waals surface area (Å²) >= 11 is 6.03. The Labute approximate surface area is 205 Å². The highest BCUT2D eigenvalue weighted by molar-refractivity contribution is 7.93. The van der Waals surface area contributed by atoms with E-state index in [0.29, 0.717) is 10.7 Å². The lowest BCUT2D eigenvalue weighted by atomic mass is 9.88. The minimum absolute atomic E-state index is 0.000706. The number of anilines is 1. The number of benzene rings is 3. The van der Waals surface area contributed by atoms with E-state index in [0.717, 1.165) is 34.7 Å². The molecular weight excluding hydrogens is 472 g/mol. The fraction of sp³-hybridized carbons (Fsp3) is 0.269. The molecule has 8 heteroatoms. The van der Waals surface area contributed by atoms with Crippen molar-refractivity contribution >= 4 is 33.2 Å². The Hall–Kier alpha value is -3.03. The molecule has 4 rings (SSSR count). The maximum atomic E-state index is 13.8. The number of hydrogen-bond donors (Lipinski definition) is 1. The van der Waals surface area contributed by atoms with Gasteiger partial charge >= 0.3 is 0 Å². The van der Waals surface area contributed by atoms with Crippen LogP contribution in [0.2, 0.25) is 5.02 Å². The fourth-order valence-electron chi connectivity index (χ4n) is 4.30. The van der Waals surface area contributed by atoms with Gasteiger partial charge in [0.05, 0.1) is 18.8 Å². The summed E-state index contributed by atoms with van der Waals surface area (Å²) in [5, 5.41) is 3.52. The third-order valence-corrected chi connectivity index (χ3v) is 8.04. The second-order valence-electron chi connectivity index (χ2n) is 8.35. The van der Waals surface area contributed by atoms with Crippen molar-refractivity contribution in [3.63, 3.8) is 0 Å². The van der Waals surface area contributed by atoms with Crippen LogP contribution in [0.3, 0.4) is 0 Å². The number of ether oxygens (including phenoxy) is 1. The van der Waals surface area contributed by atoms with Gasteiger partial charge in [0.25, 0.3) is 10.0 Å². The number of aryl methyl sites for hydroxylation is 2. The molecule has 34 heavy (non-hydrogen) atoms. The van der Waals surface area contributed by atoms with Gasteiger partial charge in [0.2, 0.25) is 5.91 Å². The van der Waals surface area contributed by atoms with Gasteiger partial charge in [-0.05, 0) is 79.3 Å². The molecule has 6 nitrogen and oxygen atoms in total. The molecule has 0 saturated carbocycles. The van der Waals surface area contributed by atoms with Crippen molar-refractivity contribution in [3.05, 3.63) is 88.4 Å². The molecule has 3 aromatic carbocycles. The van der Waals surface area contributed by atoms with Crippen LogP contribution >= 0.6 is 11.6 Å². The predicted octanol–water partition coefficient (Wildman–Crippen LogP) is 5.05. The van der Waals surface area contributed by atoms with E-state index in [1.54, 1.807) is 49.4 Å². The SMILES string of the molecule is COc1ccc(C)cc1S(=O)(=O)N(CC(=O)N[C@H]1CCCc2ccccc21)c1ccc(Cl)cc1. The molecule has 0 fully saturated rings. The van der Waals surface area contributed by atoms with Crippen LogP contribution in [0, 0.1) is 6.92 Å². The number of methoxy groups -OCH3 is 1. The van der Waals surface area contributed by atoms with Crippen LogP contribution in [0.25, 0.3) is 0 Å². The number of amides is 1. The number of carbonyl (C=O) groups is 1. The third kappa shape index (κ3) is 5.05. The second kappa shape index (κ2) is 10.1. The van der Waals surface area contributed by atoms with Crippen molar-refractivity contribution in [3.8, 4) is 5.75 Å². The molecule has 0 heterocycles. The van der Waals surface area contributed by atoms with E-state index in [4.69, 9.17) is 16.3 Å². The molecule has 1 atom stereocenters. The molecule has 0 bridgehead atoms. The number of carbonyl (C=O) groups excluding carboxylic acids is 1. The number of fused-ring (bicyclic) bond motifs is 1. The predicted molar refractivity (Wildman–Crippen MR) is 134 cm³/mol. The zero-order valence-corrected chi connectivity index (χ0v) is 20.7. The maximum absolute atomic E-state index is 13.8. The van der Waals surface area contributed by atoms with Crippen molar-refractivity contribution in [1.82, 2.24) is 5.32 Å². The van der Waals surface area contributed by atoms with Crippen molar-refractivity contribution < 1.29 is 17.9 Å². The highest BCUT2D eigenvalue weighted by Gasteiger charge is 2.31. The normalized spacial score (nSPS) is 15.3. The molecule has 0 aliphatic heterocycles. The van der Waals surface area contributed by atoms with E-state index in [1.807, 2.05) is 18.2 Å². The van der Waals surface area contributed by atoms with Crippen molar-refractivity contribution in [2.75, 3.05) is 18.0 Å². The minimum atomic E-state index is -4.12. The van der Waals surface area contributed by atoms with E-state index < -0.39 is 10.0 Å². The Morgan fingerprint density at radius 1 is 1.12 bits per heavy atom. The first-order chi connectivity index (χ1) is 16.3. The highest BCUT2D eigenvalue weighted by Crippen LogP contribution is 2.32. The van der Waals surface area contributed by atoms with Crippen LogP contribution in [0.15, 0.2) is 71.6 Å². The Morgan fingerprint density at radius 3 is 2.59 bits per heavy atom. The number of rotatable bonds is 7. The summed E-state index contributed by atoms with van der Waals surface area (Å²) in [6, 6.07) is 19.2. The number of nitrogens with zero attached hydrogens (tertiary/aromatic N) is 1. The molecule has 1 aliphatic carbocycles. The van der Waals surface area contributed by atoms with E-state index in [2.05, 4.69) is 11.4 Å². The molecule has 178 valence electrons. The van der Waals surface area contributed by atoms with Gasteiger partial charge in [-0.1, -0.05) is 41.9 Å². The average Bonchev–Trinajstić information content (AvgIpc) is 2.83. The fourth-order valence-corrected chi connectivity index (χ4v) is 6.09. The Morgan fingerprint density at radius 2 is 1.85 bits per heavy atom. The molecule has 0 aromatic heterocycles. The average molecular weight is 499 g/mol. The number of halogens is 1. The lowest BCUT2D eigenvalue weighted by molar-refractivity contribution is -0.120. The molecule has 0 radical (unpaired) electrons. The molecule has 1 amide bonds. The van der Waals surface area contributed by atoms with Gasteiger partial charge in [-0.3, -0.25) is 9.10 Å². The standard InChI is InChI=1S/C26H27ClN2O4S/c1-18-10-15-24(33-2)25(16-18)34(31,32)29(21-13-11-20(27)12-14-21)17-26(30)28-23-9-5-7-19-6-3-4-8-22(19)23/h3-4,6,8,10-16,23H,5,7,9,17H2,1-2H3,(H,28,30)/t23-/m0/s1. The molecule has 3 aromatic rings. The van der Waals surface area contributed by atoms with Crippen molar-refractivity contribution in [2.45, 2.75) is 37.1 Å². The Balaban J connectivity index is 1.67. The van der Waals surface area contributed by atoms with E-state index >= 15 is 0 Å². The monoisotopic (exact) mass is 498 g/mol. The van der Waals surface area contributed by atoms with E-state index in [-0.39, 0.29) is 29.1 Å². The van der Waals surface area contributed by atoms with Crippen LogP contribution in [0.5, 0.6) is 5.75 Å². The first-order valence-electron chi connectivity index (χ1n) is 11.1. The first-order valence-corrected chi connectivity index (χ1v) is 12.9. The van der Waals surface area contributed by atoms with Gasteiger partial charge in [-0.15, -0.1) is 0 Å². The first kappa shape index (κ1) is 24.1. The van der Waals surface area contributed by atoms with Gasteiger partial charge in [0.15, 0.2) is 0 Å². The molecule has 0 unspecified atom stereocenters. The summed E-state index contributed by atoms with van der Waals surface area (Å²) in [4.78, 5) is 13.2. The largest absolute Gasteiger partial charge is 0.495 e. The van der Waals surface area contributed by atoms with Gasteiger partial charge in [-0.2, -0.15) is 0 Å². The van der Waals surface area contributed by atoms with Crippen LogP contribution in [0.1, 0.15) is 35.6 Å². The zero-order valence-electron chi connectivity index (χ0n) is 19.1. The summed E-state index contributed by atoms with van der Waals surface area (Å²) in [7, 11) is -2.70. The maximum Gasteiger partial charge on any atom is 0.268 e. The Bertz CT molecular complexity index is 1290. The van der Waals surface area contributed by atoms with Gasteiger partial charge in [-0.25, -0.2) is 8.42 Å². The minimum Gasteiger partial charge on any atom is -0.495 e. The lowest BCUT2D eigenvalue weighted by Crippen LogP contribution is -2.42. The summed E-state index contributed by atoms with van der Waals surface area (Å²) in [5.41, 5.74) is 3.40. The topological polar surface area (TPSA) is 75.7 Å². The zero-order chi connectivity index (χ0) is 24.3. The van der Waals surface area contributed by atoms with E-state index in [9.17, 15) is 13.2 Å². The summed E-state index contributed by atoms with van der Waals surface area (Å²) in [6.45, 7) is 1.43. The number of nitrogens with one attached hydrogen (secondary N) is 1. The molecule has 1 aliphatic rings. The number of sulfonamides is 1. The second-order valence-corrected chi connectivity index (χ2v) is 10.6. The van der Waals surface area contributed by atoms with Gasteiger partial charge in [0.1, 0.15) is 17.2 Å². The highest BCUT2D eigenvalue weighted by atomic mass is 35.5. The van der Waals surface area contributed by atoms with Crippen LogP contribution in [-0.2, 0) is 21.2 Å². The van der Waals surface area contributed by atoms with E-state index in [1.165, 1.54) is 12.7 Å². The summed E-state index contributed by atoms with van der Waals surface area (Å²) in [6.07, 6.45) is 2.74. The van der Waals surface area contributed by atoms with Crippen molar-refractivity contribution in [2.24, 2.45) is 0 Å². The van der Waals surface area contributed by atoms with Gasteiger partial charge in [0, 0.05) is 5.02 Å². The van der Waals surface area contributed by atoms with Crippen LogP contribution in [-0.4, -0.2) is 28.0 Å². The lowest BCUT2D eigenvalue weighted by Gasteiger charge is -2.29. The molecule has 1 N–H and O–H groups in total. The van der Waals surface area contributed by atoms with Crippen LogP contribution < -0.4 is 14.4 Å². The third-order valence-electron chi connectivity index (χ3n) is 5.99. The van der Waals surface area contributed by atoms with Gasteiger partial charge < -0.3 is 10.1 Å². The molecule has 0 spiro atoms. The van der Waals surface area contributed by atoms with Crippen LogP contribution in [0.4, 0.5) is 5.69 Å². The smallest absolute Gasteiger partial charge is 0.268 e. The summed E-state index contributed by atoms with van der Waals surface area (Å²) < 4.78 is 34.0. The quantitative estimate of drug-likeness (QED) is 0.494. The summed E-state index contributed by atoms with van der Waals surface area (Å²) in [5.74, 6) is -0.168.